The number of carbonyl (C=O) groups excluding carboxylic acids is 4. The molecule has 1 heterocycles. The summed E-state index contributed by atoms with van der Waals surface area (Å²) < 4.78 is 22.3. The molecule has 0 saturated carbocycles. The predicted octanol–water partition coefficient (Wildman–Crippen LogP) is 3.99. The lowest BCUT2D eigenvalue weighted by atomic mass is 9.69. The van der Waals surface area contributed by atoms with Gasteiger partial charge in [0, 0.05) is 13.8 Å². The molecule has 11 heteroatoms. The van der Waals surface area contributed by atoms with Crippen molar-refractivity contribution in [2.24, 2.45) is 0 Å². The number of esters is 2. The van der Waals surface area contributed by atoms with Crippen molar-refractivity contribution in [1.82, 2.24) is 0 Å². The molecule has 10 nitrogen and oxygen atoms in total. The van der Waals surface area contributed by atoms with Crippen LogP contribution in [0.4, 0.5) is 0 Å². The monoisotopic (exact) mass is 574 g/mol. The maximum Gasteiger partial charge on any atom is 0.303 e. The Labute approximate surface area is 234 Å². The highest BCUT2D eigenvalue weighted by molar-refractivity contribution is 6.71. The summed E-state index contributed by atoms with van der Waals surface area (Å²) >= 11 is 0. The lowest BCUT2D eigenvalue weighted by Crippen LogP contribution is -2.80. The molecule has 0 aromatic carbocycles. The Balaban J connectivity index is 3.03. The summed E-state index contributed by atoms with van der Waals surface area (Å²) in [4.78, 5) is 49.0. The quantitative estimate of drug-likeness (QED) is 0.140. The first-order valence-electron chi connectivity index (χ1n) is 14.2. The Morgan fingerprint density at radius 2 is 1.26 bits per heavy atom. The highest BCUT2D eigenvalue weighted by Gasteiger charge is 2.72. The first-order chi connectivity index (χ1) is 18.1. The van der Waals surface area contributed by atoms with Gasteiger partial charge in [0.05, 0.1) is 0 Å². The molecule has 1 fully saturated rings. The molecule has 0 radical (unpaired) electrons. The number of hydrogen-bond donors (Lipinski definition) is 2. The fraction of sp³-hybridized carbons (Fsp3) is 0.857. The third-order valence-corrected chi connectivity index (χ3v) is 9.76. The van der Waals surface area contributed by atoms with Gasteiger partial charge >= 0.3 is 11.9 Å². The van der Waals surface area contributed by atoms with E-state index in [0.29, 0.717) is 6.04 Å². The van der Waals surface area contributed by atoms with Crippen molar-refractivity contribution in [2.45, 2.75) is 148 Å². The van der Waals surface area contributed by atoms with Crippen LogP contribution in [0.25, 0.3) is 0 Å². The minimum atomic E-state index is -2.90. The van der Waals surface area contributed by atoms with E-state index >= 15 is 0 Å². The first-order valence-corrected chi connectivity index (χ1v) is 17.4. The molecule has 0 aromatic rings. The van der Waals surface area contributed by atoms with Crippen LogP contribution < -0.4 is 0 Å². The molecule has 1 rings (SSSR count). The molecule has 0 amide bonds. The zero-order chi connectivity index (χ0) is 29.9. The van der Waals surface area contributed by atoms with Crippen molar-refractivity contribution in [2.75, 3.05) is 6.61 Å². The van der Waals surface area contributed by atoms with Crippen molar-refractivity contribution < 1.29 is 48.0 Å². The summed E-state index contributed by atoms with van der Waals surface area (Å²) in [5, 5.41) is 23.3. The Bertz CT molecular complexity index is 831. The number of Topliss-reactive ketones (excluding diaryl/α,β-unsaturated/α-hetero) is 2. The van der Waals surface area contributed by atoms with Crippen molar-refractivity contribution in [3.05, 3.63) is 0 Å². The average molecular weight is 575 g/mol. The second-order valence-electron chi connectivity index (χ2n) is 11.3. The van der Waals surface area contributed by atoms with Crippen LogP contribution in [0.3, 0.4) is 0 Å². The SMILES string of the molecule is CCCCCCCCCCCC[Si](C)(C)O[C@@H]1O[C@H](COC(C)=O)[C@@H](OC(C)=O)[C@@](O)(C(C)=O)[C@]1(O)C(C)=O. The molecule has 5 atom stereocenters. The minimum absolute atomic E-state index is 0.503. The molecule has 2 N–H and O–H groups in total. The van der Waals surface area contributed by atoms with E-state index in [1.807, 2.05) is 13.1 Å². The van der Waals surface area contributed by atoms with Crippen LogP contribution in [0.15, 0.2) is 0 Å². The normalized spacial score (nSPS) is 27.2. The standard InChI is InChI=1S/C28H50O10Si/c1-8-9-10-11-12-13-14-15-16-17-18-39(6,7)38-26-28(34,21(3)30)27(33,20(2)29)25(36-23(5)32)24(37-26)19-35-22(4)31/h24-26,33-34H,8-19H2,1-7H3/t24-,25-,26+,27+,28+/m1/s1. The van der Waals surface area contributed by atoms with Crippen LogP contribution >= 0.6 is 0 Å². The van der Waals surface area contributed by atoms with E-state index in [9.17, 15) is 29.4 Å². The highest BCUT2D eigenvalue weighted by Crippen LogP contribution is 2.43. The van der Waals surface area contributed by atoms with E-state index < -0.39 is 68.1 Å². The van der Waals surface area contributed by atoms with Crippen LogP contribution in [0.2, 0.25) is 19.1 Å². The van der Waals surface area contributed by atoms with E-state index in [1.54, 1.807) is 0 Å². The third-order valence-electron chi connectivity index (χ3n) is 7.35. The maximum atomic E-state index is 12.9. The predicted molar refractivity (Wildman–Crippen MR) is 147 cm³/mol. The summed E-state index contributed by atoms with van der Waals surface area (Å²) in [6, 6.07) is 0.692. The second-order valence-corrected chi connectivity index (χ2v) is 15.5. The molecule has 1 aliphatic heterocycles. The number of rotatable bonds is 18. The molecule has 1 aliphatic rings. The van der Waals surface area contributed by atoms with Crippen molar-refractivity contribution >= 4 is 31.8 Å². The molecule has 0 spiro atoms. The second kappa shape index (κ2) is 15.9. The van der Waals surface area contributed by atoms with E-state index in [2.05, 4.69) is 6.92 Å². The van der Waals surface area contributed by atoms with E-state index in [1.165, 1.54) is 44.9 Å². The lowest BCUT2D eigenvalue weighted by molar-refractivity contribution is -0.336. The van der Waals surface area contributed by atoms with Crippen LogP contribution in [0, 0.1) is 0 Å². The molecule has 0 unspecified atom stereocenters. The van der Waals surface area contributed by atoms with Crippen LogP contribution in [-0.2, 0) is 37.8 Å². The summed E-state index contributed by atoms with van der Waals surface area (Å²) in [6.45, 7) is 9.68. The zero-order valence-corrected chi connectivity index (χ0v) is 25.9. The number of carbonyl (C=O) groups is 4. The Morgan fingerprint density at radius 3 is 1.69 bits per heavy atom. The Kier molecular flexibility index (Phi) is 14.5. The smallest absolute Gasteiger partial charge is 0.303 e. The Hall–Kier alpha value is -1.66. The molecule has 39 heavy (non-hydrogen) atoms. The topological polar surface area (TPSA) is 146 Å². The number of ketones is 2. The van der Waals surface area contributed by atoms with Gasteiger partial charge in [0.15, 0.2) is 32.3 Å². The summed E-state index contributed by atoms with van der Waals surface area (Å²) in [6.07, 6.45) is 6.81. The number of unbranched alkanes of at least 4 members (excludes halogenated alkanes) is 9. The Morgan fingerprint density at radius 1 is 0.769 bits per heavy atom. The average Bonchev–Trinajstić information content (AvgIpc) is 2.83. The van der Waals surface area contributed by atoms with Crippen LogP contribution in [0.5, 0.6) is 0 Å². The summed E-state index contributed by atoms with van der Waals surface area (Å²) in [5.41, 5.74) is -5.77. The van der Waals surface area contributed by atoms with Crippen molar-refractivity contribution in [3.8, 4) is 0 Å². The fourth-order valence-corrected chi connectivity index (χ4v) is 7.09. The van der Waals surface area contributed by atoms with Crippen molar-refractivity contribution in [3.63, 3.8) is 0 Å². The molecule has 1 saturated heterocycles. The third kappa shape index (κ3) is 9.74. The van der Waals surface area contributed by atoms with Gasteiger partial charge in [-0.05, 0) is 33.0 Å². The number of hydrogen-bond acceptors (Lipinski definition) is 10. The van der Waals surface area contributed by atoms with Gasteiger partial charge < -0.3 is 28.8 Å². The summed E-state index contributed by atoms with van der Waals surface area (Å²) in [7, 11) is -2.62. The van der Waals surface area contributed by atoms with E-state index in [4.69, 9.17) is 18.6 Å². The van der Waals surface area contributed by atoms with E-state index in [-0.39, 0.29) is 0 Å². The van der Waals surface area contributed by atoms with Gasteiger partial charge in [-0.25, -0.2) is 0 Å². The maximum absolute atomic E-state index is 12.9. The molecule has 0 bridgehead atoms. The number of aliphatic hydroxyl groups is 2. The van der Waals surface area contributed by atoms with Crippen molar-refractivity contribution in [1.29, 1.82) is 0 Å². The molecular weight excluding hydrogens is 524 g/mol. The van der Waals surface area contributed by atoms with Gasteiger partial charge in [0.2, 0.25) is 11.2 Å². The largest absolute Gasteiger partial charge is 0.463 e. The van der Waals surface area contributed by atoms with E-state index in [0.717, 1.165) is 47.0 Å². The van der Waals surface area contributed by atoms with Gasteiger partial charge in [0.1, 0.15) is 12.7 Å². The van der Waals surface area contributed by atoms with Gasteiger partial charge in [-0.1, -0.05) is 71.1 Å². The fourth-order valence-electron chi connectivity index (χ4n) is 5.06. The minimum Gasteiger partial charge on any atom is -0.463 e. The molecule has 0 aromatic heterocycles. The molecule has 0 aliphatic carbocycles. The molecule has 226 valence electrons. The highest BCUT2D eigenvalue weighted by atomic mass is 28.4. The first kappa shape index (κ1) is 35.4. The van der Waals surface area contributed by atoms with Gasteiger partial charge in [-0.2, -0.15) is 0 Å². The van der Waals surface area contributed by atoms with Crippen LogP contribution in [-0.4, -0.2) is 78.3 Å². The van der Waals surface area contributed by atoms with Crippen LogP contribution in [0.1, 0.15) is 98.8 Å². The van der Waals surface area contributed by atoms with Gasteiger partial charge in [-0.15, -0.1) is 0 Å². The summed E-state index contributed by atoms with van der Waals surface area (Å²) in [5.74, 6) is -3.58. The zero-order valence-electron chi connectivity index (χ0n) is 24.9. The van der Waals surface area contributed by atoms with Gasteiger partial charge in [0.25, 0.3) is 0 Å². The van der Waals surface area contributed by atoms with Gasteiger partial charge in [-0.3, -0.25) is 19.2 Å². The lowest BCUT2D eigenvalue weighted by Gasteiger charge is -2.54. The molecular formula is C28H50O10Si. The number of ether oxygens (including phenoxy) is 3.